The minimum absolute atomic E-state index is 0.0524. The van der Waals surface area contributed by atoms with Crippen molar-refractivity contribution in [1.82, 2.24) is 20.6 Å². The van der Waals surface area contributed by atoms with E-state index in [9.17, 15) is 0 Å². The van der Waals surface area contributed by atoms with E-state index in [2.05, 4.69) is 90.3 Å². The zero-order valence-electron chi connectivity index (χ0n) is 26.3. The SMILES string of the molecule is CC(CC1CC(c2ccc(C(C)C)nc2CNC(C)(C)C)CO1)NCc1nc(C(C)C)ccc1C1CCOCC1. The average Bonchev–Trinajstić information content (AvgIpc) is 3.38. The average molecular weight is 551 g/mol. The number of ether oxygens (including phenoxy) is 2. The highest BCUT2D eigenvalue weighted by Crippen LogP contribution is 2.34. The molecule has 2 aromatic heterocycles. The third kappa shape index (κ3) is 8.58. The molecular weight excluding hydrogens is 496 g/mol. The number of hydrogen-bond acceptors (Lipinski definition) is 6. The van der Waals surface area contributed by atoms with Crippen LogP contribution < -0.4 is 10.6 Å². The van der Waals surface area contributed by atoms with Gasteiger partial charge >= 0.3 is 0 Å². The molecule has 6 heteroatoms. The molecule has 2 saturated heterocycles. The highest BCUT2D eigenvalue weighted by atomic mass is 16.5. The summed E-state index contributed by atoms with van der Waals surface area (Å²) in [5, 5.41) is 7.45. The van der Waals surface area contributed by atoms with Crippen LogP contribution in [0.1, 0.15) is 139 Å². The molecule has 40 heavy (non-hydrogen) atoms. The number of nitrogens with one attached hydrogen (secondary N) is 2. The van der Waals surface area contributed by atoms with Gasteiger partial charge in [0.25, 0.3) is 0 Å². The van der Waals surface area contributed by atoms with E-state index in [1.54, 1.807) is 0 Å². The molecule has 4 heterocycles. The van der Waals surface area contributed by atoms with E-state index in [1.165, 1.54) is 28.2 Å². The van der Waals surface area contributed by atoms with Crippen molar-refractivity contribution >= 4 is 0 Å². The highest BCUT2D eigenvalue weighted by molar-refractivity contribution is 5.30. The predicted molar refractivity (Wildman–Crippen MR) is 164 cm³/mol. The minimum Gasteiger partial charge on any atom is -0.381 e. The molecule has 2 fully saturated rings. The van der Waals surface area contributed by atoms with Crippen LogP contribution >= 0.6 is 0 Å². The van der Waals surface area contributed by atoms with E-state index < -0.39 is 0 Å². The first-order valence-electron chi connectivity index (χ1n) is 15.7. The van der Waals surface area contributed by atoms with Crippen LogP contribution in [0, 0.1) is 0 Å². The van der Waals surface area contributed by atoms with Crippen molar-refractivity contribution < 1.29 is 9.47 Å². The molecule has 3 unspecified atom stereocenters. The molecule has 6 nitrogen and oxygen atoms in total. The molecule has 0 aromatic carbocycles. The second-order valence-electron chi connectivity index (χ2n) is 13.7. The lowest BCUT2D eigenvalue weighted by molar-refractivity contribution is 0.0849. The van der Waals surface area contributed by atoms with E-state index in [4.69, 9.17) is 19.4 Å². The van der Waals surface area contributed by atoms with Gasteiger partial charge in [-0.15, -0.1) is 0 Å². The van der Waals surface area contributed by atoms with Gasteiger partial charge in [0.1, 0.15) is 0 Å². The van der Waals surface area contributed by atoms with Crippen molar-refractivity contribution in [3.05, 3.63) is 58.2 Å². The van der Waals surface area contributed by atoms with E-state index in [0.29, 0.717) is 29.7 Å². The molecule has 2 aliphatic rings. The maximum Gasteiger partial charge on any atom is 0.0596 e. The second-order valence-corrected chi connectivity index (χ2v) is 13.7. The quantitative estimate of drug-likeness (QED) is 0.316. The molecule has 0 radical (unpaired) electrons. The van der Waals surface area contributed by atoms with Crippen LogP contribution in [-0.2, 0) is 22.6 Å². The van der Waals surface area contributed by atoms with Crippen LogP contribution in [0.2, 0.25) is 0 Å². The highest BCUT2D eigenvalue weighted by Gasteiger charge is 2.30. The molecule has 2 N–H and O–H groups in total. The van der Waals surface area contributed by atoms with Gasteiger partial charge in [0.05, 0.1) is 24.1 Å². The smallest absolute Gasteiger partial charge is 0.0596 e. The van der Waals surface area contributed by atoms with Crippen molar-refractivity contribution in [3.8, 4) is 0 Å². The molecule has 0 amide bonds. The maximum atomic E-state index is 6.37. The van der Waals surface area contributed by atoms with Crippen molar-refractivity contribution in [2.24, 2.45) is 0 Å². The molecule has 2 aliphatic heterocycles. The van der Waals surface area contributed by atoms with Crippen LogP contribution in [0.4, 0.5) is 0 Å². The zero-order chi connectivity index (χ0) is 28.9. The lowest BCUT2D eigenvalue weighted by Gasteiger charge is -2.26. The minimum atomic E-state index is 0.0524. The molecule has 0 saturated carbocycles. The Bertz CT molecular complexity index is 1090. The Morgan fingerprint density at radius 1 is 0.825 bits per heavy atom. The summed E-state index contributed by atoms with van der Waals surface area (Å²) in [7, 11) is 0. The third-order valence-electron chi connectivity index (χ3n) is 8.45. The number of nitrogens with zero attached hydrogens (tertiary/aromatic N) is 2. The third-order valence-corrected chi connectivity index (χ3v) is 8.45. The lowest BCUT2D eigenvalue weighted by Crippen LogP contribution is -2.35. The van der Waals surface area contributed by atoms with Crippen LogP contribution in [0.15, 0.2) is 24.3 Å². The van der Waals surface area contributed by atoms with E-state index in [-0.39, 0.29) is 11.6 Å². The number of rotatable bonds is 11. The topological polar surface area (TPSA) is 68.3 Å². The lowest BCUT2D eigenvalue weighted by atomic mass is 9.89. The summed E-state index contributed by atoms with van der Waals surface area (Å²) in [6, 6.07) is 9.43. The monoisotopic (exact) mass is 550 g/mol. The molecule has 222 valence electrons. The van der Waals surface area contributed by atoms with Crippen LogP contribution in [-0.4, -0.2) is 47.5 Å². The van der Waals surface area contributed by atoms with E-state index in [0.717, 1.165) is 64.3 Å². The van der Waals surface area contributed by atoms with Gasteiger partial charge in [0, 0.05) is 55.2 Å². The Kier molecular flexibility index (Phi) is 10.8. The van der Waals surface area contributed by atoms with Crippen LogP contribution in [0.3, 0.4) is 0 Å². The Morgan fingerprint density at radius 2 is 1.40 bits per heavy atom. The molecule has 3 atom stereocenters. The van der Waals surface area contributed by atoms with E-state index >= 15 is 0 Å². The van der Waals surface area contributed by atoms with Gasteiger partial charge in [0.15, 0.2) is 0 Å². The summed E-state index contributed by atoms with van der Waals surface area (Å²) in [5.41, 5.74) is 7.53. The summed E-state index contributed by atoms with van der Waals surface area (Å²) < 4.78 is 12.0. The van der Waals surface area contributed by atoms with Crippen LogP contribution in [0.5, 0.6) is 0 Å². The summed E-state index contributed by atoms with van der Waals surface area (Å²) in [4.78, 5) is 10.2. The van der Waals surface area contributed by atoms with Gasteiger partial charge in [-0.1, -0.05) is 39.8 Å². The fourth-order valence-electron chi connectivity index (χ4n) is 5.92. The fraction of sp³-hybridized carbons (Fsp3) is 0.706. The standard InChI is InChI=1S/C34H54N4O2/c1-22(2)30-11-9-28(25-13-15-39-16-14-25)32(37-30)19-35-24(5)17-27-18-26(21-40-27)29-10-12-31(23(3)4)38-33(29)20-36-34(6,7)8/h9-12,22-27,35-36H,13-21H2,1-8H3. The number of pyridine rings is 2. The summed E-state index contributed by atoms with van der Waals surface area (Å²) in [5.74, 6) is 1.79. The zero-order valence-corrected chi connectivity index (χ0v) is 26.3. The van der Waals surface area contributed by atoms with Gasteiger partial charge in [-0.25, -0.2) is 0 Å². The van der Waals surface area contributed by atoms with Gasteiger partial charge in [-0.2, -0.15) is 0 Å². The van der Waals surface area contributed by atoms with Crippen LogP contribution in [0.25, 0.3) is 0 Å². The number of aromatic nitrogens is 2. The van der Waals surface area contributed by atoms with Gasteiger partial charge in [-0.3, -0.25) is 9.97 Å². The largest absolute Gasteiger partial charge is 0.381 e. The second kappa shape index (κ2) is 13.9. The van der Waals surface area contributed by atoms with Crippen molar-refractivity contribution in [2.45, 2.75) is 136 Å². The van der Waals surface area contributed by atoms with Crippen molar-refractivity contribution in [3.63, 3.8) is 0 Å². The summed E-state index contributed by atoms with van der Waals surface area (Å²) >= 11 is 0. The van der Waals surface area contributed by atoms with Crippen molar-refractivity contribution in [2.75, 3.05) is 19.8 Å². The first kappa shape index (κ1) is 31.1. The normalized spacial score (nSPS) is 21.4. The Labute approximate surface area is 243 Å². The van der Waals surface area contributed by atoms with Gasteiger partial charge < -0.3 is 20.1 Å². The molecule has 0 bridgehead atoms. The Morgan fingerprint density at radius 3 is 1.98 bits per heavy atom. The first-order chi connectivity index (χ1) is 19.0. The van der Waals surface area contributed by atoms with Gasteiger partial charge in [0.2, 0.25) is 0 Å². The molecule has 0 spiro atoms. The summed E-state index contributed by atoms with van der Waals surface area (Å²) in [6.07, 6.45) is 4.47. The first-order valence-corrected chi connectivity index (χ1v) is 15.7. The summed E-state index contributed by atoms with van der Waals surface area (Å²) in [6.45, 7) is 21.9. The maximum absolute atomic E-state index is 6.37. The van der Waals surface area contributed by atoms with Crippen molar-refractivity contribution in [1.29, 1.82) is 0 Å². The number of hydrogen-bond donors (Lipinski definition) is 2. The molecule has 4 rings (SSSR count). The fourth-order valence-corrected chi connectivity index (χ4v) is 5.92. The Hall–Kier alpha value is -1.86. The van der Waals surface area contributed by atoms with Gasteiger partial charge in [-0.05, 0) is 94.4 Å². The van der Waals surface area contributed by atoms with E-state index in [1.807, 2.05) is 0 Å². The molecule has 2 aromatic rings. The Balaban J connectivity index is 1.38. The molecule has 0 aliphatic carbocycles. The molecular formula is C34H54N4O2. The predicted octanol–water partition coefficient (Wildman–Crippen LogP) is 6.95.